The Morgan fingerprint density at radius 3 is 2.66 bits per heavy atom. The Hall–Kier alpha value is -2.41. The van der Waals surface area contributed by atoms with Crippen LogP contribution in [0.5, 0.6) is 5.75 Å². The van der Waals surface area contributed by atoms with E-state index in [9.17, 15) is 19.5 Å². The standard InChI is InChI=1S/C22H30N2O5/c1-3-14-10-15(6-7-18(14)25)20(27)23-16(11-22(2)8-4-5-9-22)21(28)24-17-12-29-13-19(17)26/h6-7,10,16-17,25H,3-5,8-9,11-13H2,1-2H3,(H,23,27)(H,24,28)/t16?,17-/m0/s1. The van der Waals surface area contributed by atoms with Crippen molar-refractivity contribution in [3.8, 4) is 5.75 Å². The lowest BCUT2D eigenvalue weighted by atomic mass is 9.81. The summed E-state index contributed by atoms with van der Waals surface area (Å²) in [6.45, 7) is 4.22. The molecule has 3 rings (SSSR count). The van der Waals surface area contributed by atoms with Crippen molar-refractivity contribution < 1.29 is 24.2 Å². The molecule has 7 nitrogen and oxygen atoms in total. The van der Waals surface area contributed by atoms with Crippen LogP contribution < -0.4 is 10.6 Å². The van der Waals surface area contributed by atoms with E-state index in [2.05, 4.69) is 17.6 Å². The van der Waals surface area contributed by atoms with Crippen molar-refractivity contribution in [1.29, 1.82) is 0 Å². The molecule has 7 heteroatoms. The van der Waals surface area contributed by atoms with E-state index in [0.717, 1.165) is 25.7 Å². The van der Waals surface area contributed by atoms with Gasteiger partial charge in [0.05, 0.1) is 6.61 Å². The van der Waals surface area contributed by atoms with Gasteiger partial charge in [-0.05, 0) is 54.9 Å². The fourth-order valence-corrected chi connectivity index (χ4v) is 4.25. The van der Waals surface area contributed by atoms with Crippen molar-refractivity contribution in [3.05, 3.63) is 29.3 Å². The van der Waals surface area contributed by atoms with Crippen LogP contribution in [0.2, 0.25) is 0 Å². The first-order valence-corrected chi connectivity index (χ1v) is 10.3. The number of ether oxygens (including phenoxy) is 1. The maximum atomic E-state index is 12.9. The summed E-state index contributed by atoms with van der Waals surface area (Å²) in [4.78, 5) is 37.6. The van der Waals surface area contributed by atoms with E-state index in [1.807, 2.05) is 6.92 Å². The highest BCUT2D eigenvalue weighted by atomic mass is 16.5. The largest absolute Gasteiger partial charge is 0.508 e. The van der Waals surface area contributed by atoms with Crippen molar-refractivity contribution in [2.75, 3.05) is 13.2 Å². The number of aryl methyl sites for hydroxylation is 1. The van der Waals surface area contributed by atoms with Gasteiger partial charge >= 0.3 is 0 Å². The number of hydrogen-bond donors (Lipinski definition) is 3. The second-order valence-electron chi connectivity index (χ2n) is 8.49. The second-order valence-corrected chi connectivity index (χ2v) is 8.49. The number of benzene rings is 1. The lowest BCUT2D eigenvalue weighted by molar-refractivity contribution is -0.127. The fraction of sp³-hybridized carbons (Fsp3) is 0.591. The number of phenols is 1. The molecule has 29 heavy (non-hydrogen) atoms. The van der Waals surface area contributed by atoms with Crippen LogP contribution in [-0.2, 0) is 20.7 Å². The van der Waals surface area contributed by atoms with Gasteiger partial charge in [-0.1, -0.05) is 26.7 Å². The minimum absolute atomic E-state index is 0.00694. The Balaban J connectivity index is 1.75. The summed E-state index contributed by atoms with van der Waals surface area (Å²) in [5, 5.41) is 15.5. The average Bonchev–Trinajstić information content (AvgIpc) is 3.30. The lowest BCUT2D eigenvalue weighted by Gasteiger charge is -2.29. The second kappa shape index (κ2) is 8.95. The SMILES string of the molecule is CCc1cc(C(=O)NC(CC2(C)CCCC2)C(=O)N[C@H]2COCC2=O)ccc1O. The van der Waals surface area contributed by atoms with Crippen LogP contribution in [0.3, 0.4) is 0 Å². The molecule has 1 aliphatic carbocycles. The van der Waals surface area contributed by atoms with Crippen LogP contribution in [0.25, 0.3) is 0 Å². The third-order valence-corrected chi connectivity index (χ3v) is 6.09. The number of amides is 2. The van der Waals surface area contributed by atoms with E-state index in [-0.39, 0.29) is 42.0 Å². The van der Waals surface area contributed by atoms with Gasteiger partial charge in [-0.2, -0.15) is 0 Å². The van der Waals surface area contributed by atoms with Gasteiger partial charge < -0.3 is 20.5 Å². The third kappa shape index (κ3) is 5.15. The van der Waals surface area contributed by atoms with Crippen LogP contribution in [0.1, 0.15) is 61.9 Å². The molecule has 0 aromatic heterocycles. The molecule has 0 bridgehead atoms. The fourth-order valence-electron chi connectivity index (χ4n) is 4.25. The summed E-state index contributed by atoms with van der Waals surface area (Å²) < 4.78 is 5.12. The molecular weight excluding hydrogens is 372 g/mol. The maximum Gasteiger partial charge on any atom is 0.251 e. The smallest absolute Gasteiger partial charge is 0.251 e. The predicted molar refractivity (Wildman–Crippen MR) is 108 cm³/mol. The molecular formula is C22H30N2O5. The van der Waals surface area contributed by atoms with Crippen molar-refractivity contribution >= 4 is 17.6 Å². The quantitative estimate of drug-likeness (QED) is 0.648. The minimum atomic E-state index is -0.738. The highest BCUT2D eigenvalue weighted by Gasteiger charge is 2.37. The highest BCUT2D eigenvalue weighted by molar-refractivity contribution is 5.99. The van der Waals surface area contributed by atoms with Crippen molar-refractivity contribution in [1.82, 2.24) is 10.6 Å². The number of carbonyl (C=O) groups excluding carboxylic acids is 3. The van der Waals surface area contributed by atoms with Gasteiger partial charge in [0, 0.05) is 5.56 Å². The summed E-state index contributed by atoms with van der Waals surface area (Å²) in [6.07, 6.45) is 5.37. The van der Waals surface area contributed by atoms with Crippen molar-refractivity contribution in [2.45, 2.75) is 64.5 Å². The third-order valence-electron chi connectivity index (χ3n) is 6.09. The zero-order valence-corrected chi connectivity index (χ0v) is 17.1. The Kier molecular flexibility index (Phi) is 6.57. The van der Waals surface area contributed by atoms with E-state index in [4.69, 9.17) is 4.74 Å². The van der Waals surface area contributed by atoms with E-state index in [1.165, 1.54) is 6.07 Å². The number of aromatic hydroxyl groups is 1. The van der Waals surface area contributed by atoms with Gasteiger partial charge in [-0.3, -0.25) is 14.4 Å². The molecule has 2 amide bonds. The number of hydrogen-bond acceptors (Lipinski definition) is 5. The number of rotatable bonds is 7. The summed E-state index contributed by atoms with van der Waals surface area (Å²) in [6, 6.07) is 3.29. The van der Waals surface area contributed by atoms with E-state index in [0.29, 0.717) is 24.0 Å². The molecule has 158 valence electrons. The number of Topliss-reactive ketones (excluding diaryl/α,β-unsaturated/α-hetero) is 1. The summed E-state index contributed by atoms with van der Waals surface area (Å²) in [5.74, 6) is -0.724. The molecule has 1 aromatic rings. The molecule has 2 atom stereocenters. The predicted octanol–water partition coefficient (Wildman–Crippen LogP) is 2.11. The molecule has 2 fully saturated rings. The molecule has 0 radical (unpaired) electrons. The van der Waals surface area contributed by atoms with E-state index >= 15 is 0 Å². The minimum Gasteiger partial charge on any atom is -0.508 e. The molecule has 3 N–H and O–H groups in total. The molecule has 1 unspecified atom stereocenters. The number of carbonyl (C=O) groups is 3. The number of phenolic OH excluding ortho intramolecular Hbond substituents is 1. The Bertz CT molecular complexity index is 785. The first kappa shape index (κ1) is 21.3. The Morgan fingerprint density at radius 1 is 1.31 bits per heavy atom. The van der Waals surface area contributed by atoms with Gasteiger partial charge in [0.25, 0.3) is 5.91 Å². The molecule has 1 aliphatic heterocycles. The van der Waals surface area contributed by atoms with Crippen LogP contribution in [-0.4, -0.2) is 48.0 Å². The Morgan fingerprint density at radius 2 is 2.03 bits per heavy atom. The summed E-state index contributed by atoms with van der Waals surface area (Å²) in [7, 11) is 0. The average molecular weight is 402 g/mol. The van der Waals surface area contributed by atoms with Crippen LogP contribution in [0.4, 0.5) is 0 Å². The zero-order chi connectivity index (χ0) is 21.0. The lowest BCUT2D eigenvalue weighted by Crippen LogP contribution is -2.52. The normalized spacial score (nSPS) is 21.7. The number of ketones is 1. The number of nitrogens with one attached hydrogen (secondary N) is 2. The maximum absolute atomic E-state index is 12.9. The van der Waals surface area contributed by atoms with Gasteiger partial charge in [0.2, 0.25) is 5.91 Å². The molecule has 1 aromatic carbocycles. The van der Waals surface area contributed by atoms with E-state index in [1.54, 1.807) is 12.1 Å². The summed E-state index contributed by atoms with van der Waals surface area (Å²) in [5.41, 5.74) is 1.05. The monoisotopic (exact) mass is 402 g/mol. The van der Waals surface area contributed by atoms with Crippen LogP contribution in [0.15, 0.2) is 18.2 Å². The molecule has 1 heterocycles. The zero-order valence-electron chi connectivity index (χ0n) is 17.1. The molecule has 2 aliphatic rings. The first-order valence-electron chi connectivity index (χ1n) is 10.3. The molecule has 1 saturated heterocycles. The van der Waals surface area contributed by atoms with Crippen LogP contribution in [0, 0.1) is 5.41 Å². The highest BCUT2D eigenvalue weighted by Crippen LogP contribution is 2.41. The summed E-state index contributed by atoms with van der Waals surface area (Å²) >= 11 is 0. The van der Waals surface area contributed by atoms with E-state index < -0.39 is 12.1 Å². The molecule has 0 spiro atoms. The van der Waals surface area contributed by atoms with Gasteiger partial charge in [-0.15, -0.1) is 0 Å². The van der Waals surface area contributed by atoms with Crippen molar-refractivity contribution in [2.24, 2.45) is 5.41 Å². The van der Waals surface area contributed by atoms with Gasteiger partial charge in [-0.25, -0.2) is 0 Å². The van der Waals surface area contributed by atoms with Crippen molar-refractivity contribution in [3.63, 3.8) is 0 Å². The Labute approximate surface area is 171 Å². The first-order chi connectivity index (χ1) is 13.8. The van der Waals surface area contributed by atoms with Gasteiger partial charge in [0.15, 0.2) is 5.78 Å². The van der Waals surface area contributed by atoms with Gasteiger partial charge in [0.1, 0.15) is 24.4 Å². The topological polar surface area (TPSA) is 105 Å². The van der Waals surface area contributed by atoms with Crippen LogP contribution >= 0.6 is 0 Å². The molecule has 1 saturated carbocycles.